The molecule has 0 saturated carbocycles. The van der Waals surface area contributed by atoms with Crippen molar-refractivity contribution < 1.29 is 4.39 Å². The maximum absolute atomic E-state index is 13.6. The Hall–Kier alpha value is -0.890. The van der Waals surface area contributed by atoms with E-state index >= 15 is 0 Å². The summed E-state index contributed by atoms with van der Waals surface area (Å²) in [6.45, 7) is 2.48. The molecule has 0 aliphatic heterocycles. The van der Waals surface area contributed by atoms with E-state index in [1.807, 2.05) is 13.0 Å². The van der Waals surface area contributed by atoms with E-state index in [-0.39, 0.29) is 11.7 Å². The molecule has 14 heavy (non-hydrogen) atoms. The molecule has 0 amide bonds. The van der Waals surface area contributed by atoms with Crippen LogP contribution in [-0.2, 0) is 12.8 Å². The Morgan fingerprint density at radius 1 is 1.36 bits per heavy atom. The van der Waals surface area contributed by atoms with Gasteiger partial charge in [0.2, 0.25) is 0 Å². The minimum absolute atomic E-state index is 0.0800. The van der Waals surface area contributed by atoms with E-state index in [1.165, 1.54) is 11.1 Å². The SMILES string of the molecule is CC(CN)c1cc2c(cc1F)CCC2. The Morgan fingerprint density at radius 2 is 2.00 bits per heavy atom. The molecule has 1 aromatic carbocycles. The van der Waals surface area contributed by atoms with Crippen LogP contribution in [0.15, 0.2) is 12.1 Å². The van der Waals surface area contributed by atoms with Crippen molar-refractivity contribution in [2.45, 2.75) is 32.1 Å². The van der Waals surface area contributed by atoms with Crippen LogP contribution in [0.25, 0.3) is 0 Å². The van der Waals surface area contributed by atoms with Gasteiger partial charge >= 0.3 is 0 Å². The minimum atomic E-state index is -0.0800. The summed E-state index contributed by atoms with van der Waals surface area (Å²) in [4.78, 5) is 0. The zero-order chi connectivity index (χ0) is 10.1. The van der Waals surface area contributed by atoms with Crippen LogP contribution in [0, 0.1) is 5.82 Å². The number of hydrogen-bond donors (Lipinski definition) is 1. The molecule has 2 N–H and O–H groups in total. The average molecular weight is 193 g/mol. The van der Waals surface area contributed by atoms with E-state index in [1.54, 1.807) is 6.07 Å². The Labute approximate surface area is 84.1 Å². The lowest BCUT2D eigenvalue weighted by Gasteiger charge is -2.12. The molecule has 2 heteroatoms. The Bertz CT molecular complexity index is 346. The van der Waals surface area contributed by atoms with Crippen molar-refractivity contribution in [1.29, 1.82) is 0 Å². The first-order valence-corrected chi connectivity index (χ1v) is 5.23. The number of nitrogens with two attached hydrogens (primary N) is 1. The van der Waals surface area contributed by atoms with Crippen molar-refractivity contribution in [3.05, 3.63) is 34.6 Å². The normalized spacial score (nSPS) is 16.8. The van der Waals surface area contributed by atoms with Gasteiger partial charge in [0, 0.05) is 0 Å². The molecule has 1 aliphatic rings. The Balaban J connectivity index is 2.42. The highest BCUT2D eigenvalue weighted by molar-refractivity contribution is 5.37. The second-order valence-corrected chi connectivity index (χ2v) is 4.13. The molecule has 76 valence electrons. The van der Waals surface area contributed by atoms with Crippen LogP contribution < -0.4 is 5.73 Å². The fourth-order valence-corrected chi connectivity index (χ4v) is 2.12. The van der Waals surface area contributed by atoms with Crippen LogP contribution >= 0.6 is 0 Å². The molecule has 1 aliphatic carbocycles. The van der Waals surface area contributed by atoms with E-state index in [0.29, 0.717) is 6.54 Å². The number of rotatable bonds is 2. The van der Waals surface area contributed by atoms with Gasteiger partial charge in [-0.2, -0.15) is 0 Å². The van der Waals surface area contributed by atoms with E-state index in [9.17, 15) is 4.39 Å². The molecule has 1 aromatic rings. The van der Waals surface area contributed by atoms with Gasteiger partial charge in [0.15, 0.2) is 0 Å². The Kier molecular flexibility index (Phi) is 2.55. The molecule has 0 heterocycles. The highest BCUT2D eigenvalue weighted by Gasteiger charge is 2.17. The quantitative estimate of drug-likeness (QED) is 0.766. The first-order valence-electron chi connectivity index (χ1n) is 5.23. The van der Waals surface area contributed by atoms with Crippen LogP contribution in [0.2, 0.25) is 0 Å². The first kappa shape index (κ1) is 9.66. The van der Waals surface area contributed by atoms with Crippen molar-refractivity contribution in [3.63, 3.8) is 0 Å². The summed E-state index contributed by atoms with van der Waals surface area (Å²) in [5.41, 5.74) is 8.85. The fraction of sp³-hybridized carbons (Fsp3) is 0.500. The second kappa shape index (κ2) is 3.70. The fourth-order valence-electron chi connectivity index (χ4n) is 2.12. The van der Waals surface area contributed by atoms with Gasteiger partial charge in [0.1, 0.15) is 5.82 Å². The predicted octanol–water partition coefficient (Wildman–Crippen LogP) is 2.38. The van der Waals surface area contributed by atoms with Crippen LogP contribution in [0.3, 0.4) is 0 Å². The van der Waals surface area contributed by atoms with Crippen LogP contribution in [-0.4, -0.2) is 6.54 Å². The van der Waals surface area contributed by atoms with Crippen LogP contribution in [0.1, 0.15) is 36.0 Å². The average Bonchev–Trinajstić information content (AvgIpc) is 2.62. The molecule has 0 fully saturated rings. The summed E-state index contributed by atoms with van der Waals surface area (Å²) >= 11 is 0. The summed E-state index contributed by atoms with van der Waals surface area (Å²) < 4.78 is 13.6. The predicted molar refractivity (Wildman–Crippen MR) is 55.9 cm³/mol. The lowest BCUT2D eigenvalue weighted by molar-refractivity contribution is 0.588. The van der Waals surface area contributed by atoms with E-state index in [0.717, 1.165) is 24.8 Å². The van der Waals surface area contributed by atoms with Crippen molar-refractivity contribution >= 4 is 0 Å². The zero-order valence-electron chi connectivity index (χ0n) is 8.52. The molecule has 0 aromatic heterocycles. The van der Waals surface area contributed by atoms with E-state index in [4.69, 9.17) is 5.73 Å². The molecule has 1 atom stereocenters. The molecule has 0 saturated heterocycles. The summed E-state index contributed by atoms with van der Waals surface area (Å²) in [5.74, 6) is 0.0458. The molecule has 1 unspecified atom stereocenters. The smallest absolute Gasteiger partial charge is 0.127 e. The summed E-state index contributed by atoms with van der Waals surface area (Å²) in [6, 6.07) is 3.71. The largest absolute Gasteiger partial charge is 0.330 e. The molecule has 0 radical (unpaired) electrons. The highest BCUT2D eigenvalue weighted by Crippen LogP contribution is 2.28. The van der Waals surface area contributed by atoms with Crippen molar-refractivity contribution in [1.82, 2.24) is 0 Å². The zero-order valence-corrected chi connectivity index (χ0v) is 8.52. The lowest BCUT2D eigenvalue weighted by atomic mass is 9.96. The molecule has 2 rings (SSSR count). The number of fused-ring (bicyclic) bond motifs is 1. The molecular formula is C12H16FN. The van der Waals surface area contributed by atoms with Crippen LogP contribution in [0.5, 0.6) is 0 Å². The first-order chi connectivity index (χ1) is 6.72. The van der Waals surface area contributed by atoms with Gasteiger partial charge in [-0.05, 0) is 54.5 Å². The van der Waals surface area contributed by atoms with Gasteiger partial charge < -0.3 is 5.73 Å². The van der Waals surface area contributed by atoms with Crippen LogP contribution in [0.4, 0.5) is 4.39 Å². The molecule has 0 spiro atoms. The number of benzene rings is 1. The van der Waals surface area contributed by atoms with Gasteiger partial charge in [0.25, 0.3) is 0 Å². The third kappa shape index (κ3) is 1.55. The van der Waals surface area contributed by atoms with Crippen molar-refractivity contribution in [2.75, 3.05) is 6.54 Å². The standard InChI is InChI=1S/C12H16FN/c1-8(7-14)11-5-9-3-2-4-10(9)6-12(11)13/h5-6,8H,2-4,7,14H2,1H3. The minimum Gasteiger partial charge on any atom is -0.330 e. The maximum atomic E-state index is 13.6. The molecular weight excluding hydrogens is 177 g/mol. The van der Waals surface area contributed by atoms with Gasteiger partial charge in [-0.15, -0.1) is 0 Å². The monoisotopic (exact) mass is 193 g/mol. The third-order valence-corrected chi connectivity index (χ3v) is 3.10. The third-order valence-electron chi connectivity index (χ3n) is 3.10. The van der Waals surface area contributed by atoms with Gasteiger partial charge in [0.05, 0.1) is 0 Å². The highest BCUT2D eigenvalue weighted by atomic mass is 19.1. The Morgan fingerprint density at radius 3 is 2.64 bits per heavy atom. The van der Waals surface area contributed by atoms with Gasteiger partial charge in [-0.3, -0.25) is 0 Å². The van der Waals surface area contributed by atoms with E-state index < -0.39 is 0 Å². The summed E-state index contributed by atoms with van der Waals surface area (Å²) in [5, 5.41) is 0. The van der Waals surface area contributed by atoms with E-state index in [2.05, 4.69) is 0 Å². The summed E-state index contributed by atoms with van der Waals surface area (Å²) in [7, 11) is 0. The second-order valence-electron chi connectivity index (χ2n) is 4.13. The van der Waals surface area contributed by atoms with Gasteiger partial charge in [-0.25, -0.2) is 4.39 Å². The van der Waals surface area contributed by atoms with Crippen molar-refractivity contribution in [3.8, 4) is 0 Å². The number of hydrogen-bond acceptors (Lipinski definition) is 1. The number of halogens is 1. The molecule has 1 nitrogen and oxygen atoms in total. The van der Waals surface area contributed by atoms with Crippen molar-refractivity contribution in [2.24, 2.45) is 5.73 Å². The number of aryl methyl sites for hydroxylation is 2. The molecule has 0 bridgehead atoms. The summed E-state index contributed by atoms with van der Waals surface area (Å²) in [6.07, 6.45) is 3.29. The maximum Gasteiger partial charge on any atom is 0.127 e. The topological polar surface area (TPSA) is 26.0 Å². The lowest BCUT2D eigenvalue weighted by Crippen LogP contribution is -2.11. The van der Waals surface area contributed by atoms with Gasteiger partial charge in [-0.1, -0.05) is 13.0 Å².